The maximum Gasteiger partial charge on any atom is 0.111 e. The number of rotatable bonds is 9. The van der Waals surface area contributed by atoms with E-state index in [4.69, 9.17) is 16.7 Å². The van der Waals surface area contributed by atoms with Gasteiger partial charge in [0.05, 0.1) is 20.1 Å². The predicted molar refractivity (Wildman–Crippen MR) is 140 cm³/mol. The van der Waals surface area contributed by atoms with Gasteiger partial charge in [-0.05, 0) is 95.7 Å². The molecular formula is C26H35BrClN3S. The van der Waals surface area contributed by atoms with Gasteiger partial charge in [0.15, 0.2) is 0 Å². The molecule has 3 fully saturated rings. The molecule has 3 unspecified atom stereocenters. The van der Waals surface area contributed by atoms with Gasteiger partial charge in [-0.25, -0.2) is 0 Å². The van der Waals surface area contributed by atoms with Gasteiger partial charge < -0.3 is 5.32 Å². The first-order valence-electron chi connectivity index (χ1n) is 12.3. The minimum Gasteiger partial charge on any atom is -0.383 e. The van der Waals surface area contributed by atoms with Gasteiger partial charge in [0.1, 0.15) is 5.69 Å². The molecule has 0 aromatic carbocycles. The predicted octanol–water partition coefficient (Wildman–Crippen LogP) is 7.51. The number of nitrogens with one attached hydrogen (secondary N) is 1. The number of unbranched alkanes of at least 4 members (excludes halogenated alkanes) is 2. The van der Waals surface area contributed by atoms with Crippen LogP contribution in [0.15, 0.2) is 16.4 Å². The lowest BCUT2D eigenvalue weighted by molar-refractivity contribution is -0.103. The lowest BCUT2D eigenvalue weighted by atomic mass is 9.45. The van der Waals surface area contributed by atoms with E-state index in [0.717, 1.165) is 80.2 Å². The second-order valence-corrected chi connectivity index (χ2v) is 13.4. The van der Waals surface area contributed by atoms with Crippen molar-refractivity contribution in [3.63, 3.8) is 0 Å². The smallest absolute Gasteiger partial charge is 0.111 e. The van der Waals surface area contributed by atoms with Crippen LogP contribution in [0.4, 0.5) is 0 Å². The molecule has 4 aliphatic carbocycles. The summed E-state index contributed by atoms with van der Waals surface area (Å²) >= 11 is 11.4. The van der Waals surface area contributed by atoms with Crippen molar-refractivity contribution >= 4 is 44.6 Å². The molecule has 2 aromatic rings. The molecule has 3 atom stereocenters. The number of halogens is 2. The highest BCUT2D eigenvalue weighted by Crippen LogP contribution is 2.61. The molecule has 0 saturated heterocycles. The molecular weight excluding hydrogens is 502 g/mol. The lowest BCUT2D eigenvalue weighted by Gasteiger charge is -2.60. The van der Waals surface area contributed by atoms with E-state index in [0.29, 0.717) is 5.41 Å². The van der Waals surface area contributed by atoms with Crippen molar-refractivity contribution in [3.05, 3.63) is 33.3 Å². The quantitative estimate of drug-likeness (QED) is 0.265. The maximum absolute atomic E-state index is 5.90. The SMILES string of the molecule is C=C(NCC1CCC2CC1C2(C)C)c1nn(CCCCCCl)c2c1CCc1cc(Br)sc1-2. The summed E-state index contributed by atoms with van der Waals surface area (Å²) in [6.45, 7) is 11.4. The molecule has 1 N–H and O–H groups in total. The van der Waals surface area contributed by atoms with Crippen molar-refractivity contribution in [2.75, 3.05) is 12.4 Å². The van der Waals surface area contributed by atoms with Gasteiger partial charge in [-0.1, -0.05) is 26.8 Å². The fourth-order valence-electron chi connectivity index (χ4n) is 6.51. The van der Waals surface area contributed by atoms with Crippen molar-refractivity contribution in [1.29, 1.82) is 0 Å². The molecule has 0 spiro atoms. The molecule has 3 nitrogen and oxygen atoms in total. The zero-order chi connectivity index (χ0) is 22.5. The Bertz CT molecular complexity index is 1010. The fraction of sp³-hybridized carbons (Fsp3) is 0.654. The second kappa shape index (κ2) is 9.11. The second-order valence-electron chi connectivity index (χ2n) is 10.6. The molecule has 32 heavy (non-hydrogen) atoms. The van der Waals surface area contributed by atoms with Crippen LogP contribution >= 0.6 is 38.9 Å². The largest absolute Gasteiger partial charge is 0.383 e. The molecule has 6 heteroatoms. The van der Waals surface area contributed by atoms with Gasteiger partial charge in [0, 0.05) is 24.5 Å². The minimum atomic E-state index is 0.526. The molecule has 0 aliphatic heterocycles. The fourth-order valence-corrected chi connectivity index (χ4v) is 8.48. The summed E-state index contributed by atoms with van der Waals surface area (Å²) in [4.78, 5) is 1.39. The van der Waals surface area contributed by atoms with Gasteiger partial charge in [-0.3, -0.25) is 4.68 Å². The standard InChI is InChI=1S/C26H35BrClN3S/c1-16(29-15-18-7-9-19-14-21(18)26(19,2)3)23-20-10-8-17-13-22(27)32-25(17)24(20)31(30-23)12-6-4-5-11-28/h13,18-19,21,29H,1,4-12,14-15H2,2-3H3. The third kappa shape index (κ3) is 4.01. The third-order valence-electron chi connectivity index (χ3n) is 8.56. The summed E-state index contributed by atoms with van der Waals surface area (Å²) in [5.74, 6) is 3.32. The molecule has 2 bridgehead atoms. The average Bonchev–Trinajstić information content (AvgIpc) is 3.34. The van der Waals surface area contributed by atoms with Crippen molar-refractivity contribution in [3.8, 4) is 10.6 Å². The first kappa shape index (κ1) is 23.0. The first-order chi connectivity index (χ1) is 15.4. The molecule has 4 aliphatic rings. The topological polar surface area (TPSA) is 29.9 Å². The zero-order valence-electron chi connectivity index (χ0n) is 19.4. The number of aromatic nitrogens is 2. The molecule has 6 rings (SSSR count). The summed E-state index contributed by atoms with van der Waals surface area (Å²) in [7, 11) is 0. The van der Waals surface area contributed by atoms with Crippen LogP contribution in [0.5, 0.6) is 0 Å². The first-order valence-corrected chi connectivity index (χ1v) is 14.4. The van der Waals surface area contributed by atoms with Crippen LogP contribution in [0.3, 0.4) is 0 Å². The Kier molecular flexibility index (Phi) is 6.54. The van der Waals surface area contributed by atoms with Crippen molar-refractivity contribution in [1.82, 2.24) is 15.1 Å². The van der Waals surface area contributed by atoms with E-state index >= 15 is 0 Å². The van der Waals surface area contributed by atoms with Crippen LogP contribution in [0.25, 0.3) is 16.3 Å². The zero-order valence-corrected chi connectivity index (χ0v) is 22.5. The van der Waals surface area contributed by atoms with Crippen molar-refractivity contribution < 1.29 is 0 Å². The Hall–Kier alpha value is -0.780. The van der Waals surface area contributed by atoms with E-state index in [-0.39, 0.29) is 0 Å². The highest BCUT2D eigenvalue weighted by Gasteiger charge is 2.53. The van der Waals surface area contributed by atoms with E-state index in [1.165, 1.54) is 44.7 Å². The van der Waals surface area contributed by atoms with E-state index in [9.17, 15) is 0 Å². The van der Waals surface area contributed by atoms with Gasteiger partial charge in [0.25, 0.3) is 0 Å². The molecule has 0 radical (unpaired) electrons. The Morgan fingerprint density at radius 2 is 2.16 bits per heavy atom. The lowest BCUT2D eigenvalue weighted by Crippen LogP contribution is -2.54. The minimum absolute atomic E-state index is 0.526. The normalized spacial score (nSPS) is 25.1. The van der Waals surface area contributed by atoms with Crippen molar-refractivity contribution in [2.45, 2.75) is 71.8 Å². The highest BCUT2D eigenvalue weighted by atomic mass is 79.9. The van der Waals surface area contributed by atoms with E-state index < -0.39 is 0 Å². The summed E-state index contributed by atoms with van der Waals surface area (Å²) in [5.41, 5.74) is 6.79. The molecule has 2 heterocycles. The number of hydrogen-bond donors (Lipinski definition) is 1. The van der Waals surface area contributed by atoms with Crippen LogP contribution in [0.1, 0.15) is 69.2 Å². The Morgan fingerprint density at radius 1 is 1.31 bits per heavy atom. The van der Waals surface area contributed by atoms with Crippen LogP contribution in [0, 0.1) is 23.2 Å². The Morgan fingerprint density at radius 3 is 2.91 bits per heavy atom. The van der Waals surface area contributed by atoms with Gasteiger partial charge in [-0.2, -0.15) is 5.10 Å². The number of hydrogen-bond acceptors (Lipinski definition) is 3. The number of alkyl halides is 1. The van der Waals surface area contributed by atoms with Gasteiger partial charge >= 0.3 is 0 Å². The maximum atomic E-state index is 5.90. The van der Waals surface area contributed by atoms with Crippen LogP contribution in [0.2, 0.25) is 0 Å². The third-order valence-corrected chi connectivity index (χ3v) is 10.5. The molecule has 2 aromatic heterocycles. The van der Waals surface area contributed by atoms with E-state index in [1.54, 1.807) is 0 Å². The number of thiophene rings is 1. The highest BCUT2D eigenvalue weighted by molar-refractivity contribution is 9.11. The van der Waals surface area contributed by atoms with Crippen LogP contribution in [-0.4, -0.2) is 22.2 Å². The van der Waals surface area contributed by atoms with Gasteiger partial charge in [0.2, 0.25) is 0 Å². The van der Waals surface area contributed by atoms with Crippen molar-refractivity contribution in [2.24, 2.45) is 23.2 Å². The summed E-state index contributed by atoms with van der Waals surface area (Å²) in [5, 5.41) is 8.87. The number of fused-ring (bicyclic) bond motifs is 5. The molecule has 3 saturated carbocycles. The monoisotopic (exact) mass is 535 g/mol. The summed E-state index contributed by atoms with van der Waals surface area (Å²) in [6, 6.07) is 2.29. The van der Waals surface area contributed by atoms with E-state index in [1.807, 2.05) is 11.3 Å². The van der Waals surface area contributed by atoms with E-state index in [2.05, 4.69) is 52.4 Å². The molecule has 0 amide bonds. The van der Waals surface area contributed by atoms with Gasteiger partial charge in [-0.15, -0.1) is 22.9 Å². The number of aryl methyl sites for hydroxylation is 2. The Balaban J connectivity index is 1.35. The summed E-state index contributed by atoms with van der Waals surface area (Å²) in [6.07, 6.45) is 9.64. The average molecular weight is 537 g/mol. The number of nitrogens with zero attached hydrogens (tertiary/aromatic N) is 2. The van der Waals surface area contributed by atoms with Crippen LogP contribution in [-0.2, 0) is 19.4 Å². The van der Waals surface area contributed by atoms with Crippen LogP contribution < -0.4 is 5.32 Å². The summed E-state index contributed by atoms with van der Waals surface area (Å²) < 4.78 is 3.47. The molecule has 174 valence electrons. The Labute approximate surface area is 210 Å².